The predicted octanol–water partition coefficient (Wildman–Crippen LogP) is 4.21. The first kappa shape index (κ1) is 23.3. The lowest BCUT2D eigenvalue weighted by Gasteiger charge is -2.10. The SMILES string of the molecule is CCNC(=NCCCCc1nc(C)cs1)NCCc1ncc(CC)s1.I. The highest BCUT2D eigenvalue weighted by Crippen LogP contribution is 2.13. The number of guanidine groups is 1. The Morgan fingerprint density at radius 3 is 2.65 bits per heavy atom. The molecule has 26 heavy (non-hydrogen) atoms. The van der Waals surface area contributed by atoms with Gasteiger partial charge in [-0.25, -0.2) is 9.97 Å². The first-order valence-electron chi connectivity index (χ1n) is 9.08. The van der Waals surface area contributed by atoms with Crippen molar-refractivity contribution in [2.75, 3.05) is 19.6 Å². The standard InChI is InChI=1S/C18H29N5S2.HI/c1-4-15-12-22-16(25-15)9-11-21-18(19-5-2)20-10-7-6-8-17-23-14(3)13-24-17;/h12-13H,4-11H2,1-3H3,(H2,19,20,21);1H. The number of hydrogen-bond donors (Lipinski definition) is 2. The van der Waals surface area contributed by atoms with Crippen LogP contribution in [0.5, 0.6) is 0 Å². The number of nitrogens with one attached hydrogen (secondary N) is 2. The summed E-state index contributed by atoms with van der Waals surface area (Å²) in [6, 6.07) is 0. The van der Waals surface area contributed by atoms with E-state index in [1.165, 1.54) is 14.9 Å². The molecule has 0 spiro atoms. The van der Waals surface area contributed by atoms with Gasteiger partial charge in [-0.15, -0.1) is 46.7 Å². The minimum atomic E-state index is 0. The van der Waals surface area contributed by atoms with E-state index >= 15 is 0 Å². The van der Waals surface area contributed by atoms with E-state index in [-0.39, 0.29) is 24.0 Å². The van der Waals surface area contributed by atoms with Gasteiger partial charge >= 0.3 is 0 Å². The third kappa shape index (κ3) is 8.77. The van der Waals surface area contributed by atoms with E-state index in [0.29, 0.717) is 0 Å². The van der Waals surface area contributed by atoms with Gasteiger partial charge in [-0.05, 0) is 39.5 Å². The zero-order valence-electron chi connectivity index (χ0n) is 15.9. The van der Waals surface area contributed by atoms with Gasteiger partial charge in [0.05, 0.1) is 10.0 Å². The molecule has 0 fully saturated rings. The molecule has 0 atom stereocenters. The second kappa shape index (κ2) is 13.4. The minimum Gasteiger partial charge on any atom is -0.357 e. The monoisotopic (exact) mass is 507 g/mol. The Bertz CT molecular complexity index is 654. The van der Waals surface area contributed by atoms with Gasteiger partial charge in [-0.2, -0.15) is 0 Å². The average molecular weight is 508 g/mol. The van der Waals surface area contributed by atoms with Gasteiger partial charge < -0.3 is 10.6 Å². The van der Waals surface area contributed by atoms with E-state index in [1.54, 1.807) is 22.7 Å². The first-order chi connectivity index (χ1) is 12.2. The van der Waals surface area contributed by atoms with E-state index in [9.17, 15) is 0 Å². The number of rotatable bonds is 10. The fraction of sp³-hybridized carbons (Fsp3) is 0.611. The molecule has 0 unspecified atom stereocenters. The molecule has 0 aliphatic heterocycles. The Hall–Kier alpha value is -0.740. The molecule has 2 aromatic rings. The summed E-state index contributed by atoms with van der Waals surface area (Å²) in [7, 11) is 0. The molecular weight excluding hydrogens is 477 g/mol. The molecule has 0 saturated heterocycles. The summed E-state index contributed by atoms with van der Waals surface area (Å²) in [5, 5.41) is 11.3. The number of thiazole rings is 2. The van der Waals surface area contributed by atoms with E-state index in [2.05, 4.69) is 44.8 Å². The van der Waals surface area contributed by atoms with Gasteiger partial charge in [-0.3, -0.25) is 4.99 Å². The average Bonchev–Trinajstić information content (AvgIpc) is 3.23. The largest absolute Gasteiger partial charge is 0.357 e. The maximum Gasteiger partial charge on any atom is 0.191 e. The van der Waals surface area contributed by atoms with Crippen LogP contribution in [-0.2, 0) is 19.3 Å². The number of aromatic nitrogens is 2. The van der Waals surface area contributed by atoms with Gasteiger partial charge in [0.25, 0.3) is 0 Å². The number of nitrogens with zero attached hydrogens (tertiary/aromatic N) is 3. The normalized spacial score (nSPS) is 11.3. The van der Waals surface area contributed by atoms with Crippen LogP contribution in [0.1, 0.15) is 47.3 Å². The summed E-state index contributed by atoms with van der Waals surface area (Å²) in [5.74, 6) is 0.903. The second-order valence-electron chi connectivity index (χ2n) is 5.85. The van der Waals surface area contributed by atoms with E-state index in [4.69, 9.17) is 0 Å². The van der Waals surface area contributed by atoms with Crippen LogP contribution in [0.25, 0.3) is 0 Å². The highest BCUT2D eigenvalue weighted by Gasteiger charge is 2.02. The predicted molar refractivity (Wildman–Crippen MR) is 124 cm³/mol. The highest BCUT2D eigenvalue weighted by atomic mass is 127. The fourth-order valence-corrected chi connectivity index (χ4v) is 4.03. The molecule has 0 aliphatic carbocycles. The Labute approximate surface area is 182 Å². The Balaban J connectivity index is 0.00000338. The van der Waals surface area contributed by atoms with Crippen LogP contribution in [0.2, 0.25) is 0 Å². The molecule has 0 aliphatic rings. The molecular formula is C18H30IN5S2. The molecule has 2 rings (SSSR count). The fourth-order valence-electron chi connectivity index (χ4n) is 2.35. The number of unbranched alkanes of at least 4 members (excludes halogenated alkanes) is 1. The van der Waals surface area contributed by atoms with Crippen LogP contribution >= 0.6 is 46.7 Å². The van der Waals surface area contributed by atoms with Gasteiger partial charge in [0, 0.05) is 48.2 Å². The van der Waals surface area contributed by atoms with E-state index < -0.39 is 0 Å². The third-order valence-corrected chi connectivity index (χ3v) is 5.89. The highest BCUT2D eigenvalue weighted by molar-refractivity contribution is 14.0. The Morgan fingerprint density at radius 2 is 2.00 bits per heavy atom. The summed E-state index contributed by atoms with van der Waals surface area (Å²) in [6.45, 7) is 8.89. The summed E-state index contributed by atoms with van der Waals surface area (Å²) in [6.07, 6.45) is 7.27. The smallest absolute Gasteiger partial charge is 0.191 e. The van der Waals surface area contributed by atoms with Crippen molar-refractivity contribution in [3.63, 3.8) is 0 Å². The molecule has 2 aromatic heterocycles. The molecule has 8 heteroatoms. The molecule has 0 saturated carbocycles. The number of aryl methyl sites for hydroxylation is 3. The first-order valence-corrected chi connectivity index (χ1v) is 10.8. The summed E-state index contributed by atoms with van der Waals surface area (Å²) < 4.78 is 0. The van der Waals surface area contributed by atoms with Crippen LogP contribution in [0.15, 0.2) is 16.6 Å². The Morgan fingerprint density at radius 1 is 1.15 bits per heavy atom. The topological polar surface area (TPSA) is 62.2 Å². The zero-order chi connectivity index (χ0) is 17.9. The van der Waals surface area contributed by atoms with Crippen LogP contribution in [0.3, 0.4) is 0 Å². The summed E-state index contributed by atoms with van der Waals surface area (Å²) >= 11 is 3.56. The van der Waals surface area contributed by atoms with Crippen molar-refractivity contribution in [2.45, 2.75) is 52.9 Å². The van der Waals surface area contributed by atoms with Crippen molar-refractivity contribution >= 4 is 52.6 Å². The lowest BCUT2D eigenvalue weighted by Crippen LogP contribution is -2.38. The van der Waals surface area contributed by atoms with Crippen molar-refractivity contribution in [3.8, 4) is 0 Å². The third-order valence-electron chi connectivity index (χ3n) is 3.66. The Kier molecular flexibility index (Phi) is 12.0. The molecule has 0 aromatic carbocycles. The maximum absolute atomic E-state index is 4.66. The van der Waals surface area contributed by atoms with Gasteiger partial charge in [0.15, 0.2) is 5.96 Å². The van der Waals surface area contributed by atoms with E-state index in [0.717, 1.165) is 63.4 Å². The lowest BCUT2D eigenvalue weighted by molar-refractivity contribution is 0.727. The van der Waals surface area contributed by atoms with Crippen molar-refractivity contribution < 1.29 is 0 Å². The second-order valence-corrected chi connectivity index (χ2v) is 7.99. The van der Waals surface area contributed by atoms with Gasteiger partial charge in [-0.1, -0.05) is 6.92 Å². The molecule has 146 valence electrons. The molecule has 0 radical (unpaired) electrons. The van der Waals surface area contributed by atoms with Crippen molar-refractivity contribution in [1.29, 1.82) is 0 Å². The summed E-state index contributed by atoms with van der Waals surface area (Å²) in [4.78, 5) is 15.0. The van der Waals surface area contributed by atoms with Crippen LogP contribution in [0.4, 0.5) is 0 Å². The summed E-state index contributed by atoms with van der Waals surface area (Å²) in [5.41, 5.74) is 1.13. The number of halogens is 1. The van der Waals surface area contributed by atoms with Gasteiger partial charge in [0.1, 0.15) is 0 Å². The number of aliphatic imine (C=N–C) groups is 1. The van der Waals surface area contributed by atoms with Crippen molar-refractivity contribution in [1.82, 2.24) is 20.6 Å². The molecule has 0 bridgehead atoms. The van der Waals surface area contributed by atoms with Crippen LogP contribution < -0.4 is 10.6 Å². The molecule has 0 amide bonds. The van der Waals surface area contributed by atoms with Crippen molar-refractivity contribution in [2.24, 2.45) is 4.99 Å². The van der Waals surface area contributed by atoms with Gasteiger partial charge in [0.2, 0.25) is 0 Å². The van der Waals surface area contributed by atoms with Crippen LogP contribution in [-0.4, -0.2) is 35.6 Å². The maximum atomic E-state index is 4.66. The van der Waals surface area contributed by atoms with Crippen LogP contribution in [0, 0.1) is 6.92 Å². The molecule has 2 heterocycles. The van der Waals surface area contributed by atoms with Crippen molar-refractivity contribution in [3.05, 3.63) is 32.2 Å². The molecule has 5 nitrogen and oxygen atoms in total. The quantitative estimate of drug-likeness (QED) is 0.219. The minimum absolute atomic E-state index is 0. The lowest BCUT2D eigenvalue weighted by atomic mass is 10.2. The number of hydrogen-bond acceptors (Lipinski definition) is 5. The van der Waals surface area contributed by atoms with E-state index in [1.807, 2.05) is 13.1 Å². The zero-order valence-corrected chi connectivity index (χ0v) is 19.8. The molecule has 2 N–H and O–H groups in total.